The summed E-state index contributed by atoms with van der Waals surface area (Å²) in [6.07, 6.45) is 1.26. The van der Waals surface area contributed by atoms with Crippen molar-refractivity contribution in [3.8, 4) is 0 Å². The molecule has 1 atom stereocenters. The van der Waals surface area contributed by atoms with Gasteiger partial charge in [0.05, 0.1) is 0 Å². The van der Waals surface area contributed by atoms with Crippen molar-refractivity contribution in [3.63, 3.8) is 0 Å². The standard InChI is InChI=1S/C16H28N2/c1-13(2)10-11-18(5)12-16(17-4)15-8-6-14(3)7-9-15/h6-9,13,16-17H,10-12H2,1-5H3. The fourth-order valence-electron chi connectivity index (χ4n) is 2.04. The molecule has 0 spiro atoms. The highest BCUT2D eigenvalue weighted by molar-refractivity contribution is 5.24. The molecule has 0 radical (unpaired) electrons. The maximum atomic E-state index is 3.41. The molecule has 0 saturated carbocycles. The summed E-state index contributed by atoms with van der Waals surface area (Å²) in [6, 6.07) is 9.25. The smallest absolute Gasteiger partial charge is 0.0446 e. The zero-order valence-electron chi connectivity index (χ0n) is 12.5. The molecule has 1 N–H and O–H groups in total. The lowest BCUT2D eigenvalue weighted by Crippen LogP contribution is -2.32. The van der Waals surface area contributed by atoms with Crippen LogP contribution < -0.4 is 5.32 Å². The van der Waals surface area contributed by atoms with Crippen molar-refractivity contribution in [1.29, 1.82) is 0 Å². The number of nitrogens with zero attached hydrogens (tertiary/aromatic N) is 1. The summed E-state index contributed by atoms with van der Waals surface area (Å²) < 4.78 is 0. The summed E-state index contributed by atoms with van der Waals surface area (Å²) in [5.74, 6) is 0.778. The zero-order valence-corrected chi connectivity index (χ0v) is 12.5. The van der Waals surface area contributed by atoms with Crippen molar-refractivity contribution < 1.29 is 0 Å². The van der Waals surface area contributed by atoms with Crippen molar-refractivity contribution >= 4 is 0 Å². The molecule has 0 aliphatic carbocycles. The molecule has 1 rings (SSSR count). The van der Waals surface area contributed by atoms with Gasteiger partial charge in [-0.2, -0.15) is 0 Å². The van der Waals surface area contributed by atoms with Gasteiger partial charge in [-0.1, -0.05) is 43.7 Å². The lowest BCUT2D eigenvalue weighted by Gasteiger charge is -2.24. The molecule has 0 bridgehead atoms. The van der Waals surface area contributed by atoms with E-state index in [0.717, 1.165) is 12.5 Å². The molecule has 1 aromatic rings. The maximum absolute atomic E-state index is 3.41. The second-order valence-corrected chi connectivity index (χ2v) is 5.70. The van der Waals surface area contributed by atoms with Gasteiger partial charge in [0.2, 0.25) is 0 Å². The van der Waals surface area contributed by atoms with Crippen LogP contribution in [0.5, 0.6) is 0 Å². The van der Waals surface area contributed by atoms with Crippen molar-refractivity contribution in [2.45, 2.75) is 33.2 Å². The van der Waals surface area contributed by atoms with Crippen LogP contribution >= 0.6 is 0 Å². The summed E-state index contributed by atoms with van der Waals surface area (Å²) >= 11 is 0. The Kier molecular flexibility index (Phi) is 6.37. The molecule has 1 aromatic carbocycles. The molecule has 0 aliphatic rings. The molecule has 2 heteroatoms. The first kappa shape index (κ1) is 15.2. The highest BCUT2D eigenvalue weighted by Crippen LogP contribution is 2.15. The van der Waals surface area contributed by atoms with E-state index in [-0.39, 0.29) is 0 Å². The number of aryl methyl sites for hydroxylation is 1. The van der Waals surface area contributed by atoms with E-state index in [1.54, 1.807) is 0 Å². The predicted molar refractivity (Wildman–Crippen MR) is 79.9 cm³/mol. The van der Waals surface area contributed by atoms with Crippen LogP contribution in [0.1, 0.15) is 37.4 Å². The third kappa shape index (κ3) is 5.19. The van der Waals surface area contributed by atoms with Crippen LogP contribution in [0, 0.1) is 12.8 Å². The van der Waals surface area contributed by atoms with Crippen LogP contribution in [0.4, 0.5) is 0 Å². The molecule has 1 unspecified atom stereocenters. The zero-order chi connectivity index (χ0) is 13.5. The normalized spacial score (nSPS) is 13.3. The van der Waals surface area contributed by atoms with Crippen molar-refractivity contribution in [3.05, 3.63) is 35.4 Å². The second-order valence-electron chi connectivity index (χ2n) is 5.70. The minimum atomic E-state index is 0.419. The average molecular weight is 248 g/mol. The van der Waals surface area contributed by atoms with E-state index in [1.165, 1.54) is 24.1 Å². The van der Waals surface area contributed by atoms with Gasteiger partial charge in [0.15, 0.2) is 0 Å². The first-order valence-corrected chi connectivity index (χ1v) is 6.95. The van der Waals surface area contributed by atoms with Crippen LogP contribution in [0.3, 0.4) is 0 Å². The molecule has 0 fully saturated rings. The van der Waals surface area contributed by atoms with Crippen LogP contribution in [0.15, 0.2) is 24.3 Å². The van der Waals surface area contributed by atoms with Gasteiger partial charge in [-0.25, -0.2) is 0 Å². The minimum absolute atomic E-state index is 0.419. The van der Waals surface area contributed by atoms with E-state index in [0.29, 0.717) is 6.04 Å². The maximum Gasteiger partial charge on any atom is 0.0446 e. The lowest BCUT2D eigenvalue weighted by atomic mass is 10.0. The van der Waals surface area contributed by atoms with Crippen LogP contribution in [-0.2, 0) is 0 Å². The summed E-state index contributed by atoms with van der Waals surface area (Å²) in [7, 11) is 4.25. The van der Waals surface area contributed by atoms with E-state index in [2.05, 4.69) is 62.3 Å². The van der Waals surface area contributed by atoms with Gasteiger partial charge in [-0.3, -0.25) is 0 Å². The largest absolute Gasteiger partial charge is 0.312 e. The van der Waals surface area contributed by atoms with Crippen LogP contribution in [0.25, 0.3) is 0 Å². The SMILES string of the molecule is CNC(CN(C)CCC(C)C)c1ccc(C)cc1. The van der Waals surface area contributed by atoms with Gasteiger partial charge < -0.3 is 10.2 Å². The minimum Gasteiger partial charge on any atom is -0.312 e. The van der Waals surface area contributed by atoms with Gasteiger partial charge in [0, 0.05) is 12.6 Å². The second kappa shape index (κ2) is 7.55. The molecular formula is C16H28N2. The Bertz CT molecular complexity index is 329. The molecule has 0 aromatic heterocycles. The van der Waals surface area contributed by atoms with Crippen molar-refractivity contribution in [1.82, 2.24) is 10.2 Å². The molecule has 102 valence electrons. The predicted octanol–water partition coefficient (Wildman–Crippen LogP) is 3.23. The van der Waals surface area contributed by atoms with Gasteiger partial charge in [-0.05, 0) is 45.5 Å². The van der Waals surface area contributed by atoms with Crippen molar-refractivity contribution in [2.75, 3.05) is 27.2 Å². The highest BCUT2D eigenvalue weighted by atomic mass is 15.1. The van der Waals surface area contributed by atoms with Gasteiger partial charge in [-0.15, -0.1) is 0 Å². The van der Waals surface area contributed by atoms with Gasteiger partial charge in [0.1, 0.15) is 0 Å². The van der Waals surface area contributed by atoms with E-state index >= 15 is 0 Å². The van der Waals surface area contributed by atoms with E-state index in [1.807, 2.05) is 7.05 Å². The molecule has 18 heavy (non-hydrogen) atoms. The quantitative estimate of drug-likeness (QED) is 0.797. The Morgan fingerprint density at radius 1 is 1.17 bits per heavy atom. The number of rotatable bonds is 7. The third-order valence-electron chi connectivity index (χ3n) is 3.41. The van der Waals surface area contributed by atoms with E-state index < -0.39 is 0 Å². The number of hydrogen-bond donors (Lipinski definition) is 1. The summed E-state index contributed by atoms with van der Waals surface area (Å²) in [5, 5.41) is 3.41. The third-order valence-corrected chi connectivity index (χ3v) is 3.41. The van der Waals surface area contributed by atoms with Crippen molar-refractivity contribution in [2.24, 2.45) is 5.92 Å². The molecule has 0 aliphatic heterocycles. The molecule has 2 nitrogen and oxygen atoms in total. The highest BCUT2D eigenvalue weighted by Gasteiger charge is 2.11. The lowest BCUT2D eigenvalue weighted by molar-refractivity contribution is 0.280. The number of benzene rings is 1. The van der Waals surface area contributed by atoms with Crippen LogP contribution in [0.2, 0.25) is 0 Å². The number of hydrogen-bond acceptors (Lipinski definition) is 2. The topological polar surface area (TPSA) is 15.3 Å². The molecule has 0 heterocycles. The fraction of sp³-hybridized carbons (Fsp3) is 0.625. The Hall–Kier alpha value is -0.860. The monoisotopic (exact) mass is 248 g/mol. The number of nitrogens with one attached hydrogen (secondary N) is 1. The van der Waals surface area contributed by atoms with Gasteiger partial charge >= 0.3 is 0 Å². The summed E-state index contributed by atoms with van der Waals surface area (Å²) in [5.41, 5.74) is 2.70. The Morgan fingerprint density at radius 2 is 1.78 bits per heavy atom. The number of likely N-dealkylation sites (N-methyl/N-ethyl adjacent to an activating group) is 2. The average Bonchev–Trinajstić information content (AvgIpc) is 2.34. The molecule has 0 amide bonds. The molecule has 0 saturated heterocycles. The van der Waals surface area contributed by atoms with Gasteiger partial charge in [0.25, 0.3) is 0 Å². The first-order valence-electron chi connectivity index (χ1n) is 6.95. The molecular weight excluding hydrogens is 220 g/mol. The van der Waals surface area contributed by atoms with E-state index in [4.69, 9.17) is 0 Å². The first-order chi connectivity index (χ1) is 8.52. The van der Waals surface area contributed by atoms with E-state index in [9.17, 15) is 0 Å². The fourth-order valence-corrected chi connectivity index (χ4v) is 2.04. The Morgan fingerprint density at radius 3 is 2.28 bits per heavy atom. The Balaban J connectivity index is 2.53. The summed E-state index contributed by atoms with van der Waals surface area (Å²) in [6.45, 7) is 8.92. The Labute approximate surface area is 112 Å². The summed E-state index contributed by atoms with van der Waals surface area (Å²) in [4.78, 5) is 2.42. The van der Waals surface area contributed by atoms with Crippen LogP contribution in [-0.4, -0.2) is 32.1 Å².